The van der Waals surface area contributed by atoms with Gasteiger partial charge in [-0.05, 0) is 0 Å². The predicted molar refractivity (Wildman–Crippen MR) is 74.4 cm³/mol. The minimum absolute atomic E-state index is 0.0589. The van der Waals surface area contributed by atoms with Gasteiger partial charge in [-0.1, -0.05) is 0 Å². The molecular formula is C10H12N4O9S. The summed E-state index contributed by atoms with van der Waals surface area (Å²) in [6.45, 7) is -0.753. The number of hydrogen-bond acceptors (Lipinski definition) is 9. The highest BCUT2D eigenvalue weighted by atomic mass is 32.3. The molecule has 1 fully saturated rings. The monoisotopic (exact) mass is 364 g/mol. The maximum atomic E-state index is 11.6. The summed E-state index contributed by atoms with van der Waals surface area (Å²) < 4.78 is 40.2. The molecule has 1 aliphatic heterocycles. The van der Waals surface area contributed by atoms with Gasteiger partial charge in [-0.2, -0.15) is 8.42 Å². The molecule has 13 nitrogen and oxygen atoms in total. The summed E-state index contributed by atoms with van der Waals surface area (Å²) in [6, 6.07) is 0. The van der Waals surface area contributed by atoms with Crippen molar-refractivity contribution in [1.29, 1.82) is 0 Å². The smallest absolute Gasteiger partial charge is 0.387 e. The highest BCUT2D eigenvalue weighted by molar-refractivity contribution is 7.80. The van der Waals surface area contributed by atoms with Crippen molar-refractivity contribution in [3.05, 3.63) is 27.2 Å². The van der Waals surface area contributed by atoms with E-state index in [9.17, 15) is 28.2 Å². The van der Waals surface area contributed by atoms with Gasteiger partial charge in [0.1, 0.15) is 24.0 Å². The number of aromatic amines is 2. The van der Waals surface area contributed by atoms with Crippen molar-refractivity contribution < 1.29 is 32.1 Å². The molecule has 4 unspecified atom stereocenters. The topological polar surface area (TPSA) is 197 Å². The van der Waals surface area contributed by atoms with Crippen molar-refractivity contribution in [2.45, 2.75) is 24.5 Å². The van der Waals surface area contributed by atoms with Gasteiger partial charge in [-0.25, -0.2) is 14.0 Å². The number of aromatic nitrogens is 4. The second kappa shape index (κ2) is 5.76. The zero-order valence-electron chi connectivity index (χ0n) is 11.7. The molecule has 0 aromatic carbocycles. The molecule has 3 heterocycles. The third kappa shape index (κ3) is 2.97. The number of hydrogen-bond donors (Lipinski definition) is 5. The summed E-state index contributed by atoms with van der Waals surface area (Å²) in [4.78, 5) is 31.1. The number of nitrogens with one attached hydrogen (secondary N) is 2. The Hall–Kier alpha value is -2.10. The van der Waals surface area contributed by atoms with Gasteiger partial charge in [0, 0.05) is 0 Å². The van der Waals surface area contributed by atoms with Crippen LogP contribution in [0.2, 0.25) is 0 Å². The second-order valence-electron chi connectivity index (χ2n) is 5.02. The van der Waals surface area contributed by atoms with Gasteiger partial charge in [-0.3, -0.25) is 23.9 Å². The molecule has 132 valence electrons. The van der Waals surface area contributed by atoms with Gasteiger partial charge in [-0.15, -0.1) is 0 Å². The van der Waals surface area contributed by atoms with Gasteiger partial charge >= 0.3 is 16.1 Å². The van der Waals surface area contributed by atoms with Gasteiger partial charge in [0.05, 0.1) is 12.9 Å². The van der Waals surface area contributed by atoms with Crippen molar-refractivity contribution in [2.75, 3.05) is 6.61 Å². The van der Waals surface area contributed by atoms with Crippen LogP contribution < -0.4 is 11.2 Å². The Morgan fingerprint density at radius 3 is 2.67 bits per heavy atom. The van der Waals surface area contributed by atoms with Crippen LogP contribution in [0.15, 0.2) is 15.9 Å². The summed E-state index contributed by atoms with van der Waals surface area (Å²) >= 11 is 0. The molecule has 24 heavy (non-hydrogen) atoms. The quantitative estimate of drug-likeness (QED) is 0.345. The van der Waals surface area contributed by atoms with Crippen LogP contribution in [-0.4, -0.2) is 67.6 Å². The molecule has 2 aromatic heterocycles. The fourth-order valence-corrected chi connectivity index (χ4v) is 2.70. The van der Waals surface area contributed by atoms with E-state index in [4.69, 9.17) is 9.29 Å². The van der Waals surface area contributed by atoms with Crippen LogP contribution in [0.1, 0.15) is 6.23 Å². The van der Waals surface area contributed by atoms with Crippen LogP contribution in [0.25, 0.3) is 11.2 Å². The molecule has 1 saturated heterocycles. The average Bonchev–Trinajstić information content (AvgIpc) is 3.00. The van der Waals surface area contributed by atoms with E-state index in [-0.39, 0.29) is 11.2 Å². The van der Waals surface area contributed by atoms with Crippen molar-refractivity contribution in [3.63, 3.8) is 0 Å². The molecule has 14 heteroatoms. The maximum Gasteiger partial charge on any atom is 0.397 e. The number of aliphatic hydroxyl groups excluding tert-OH is 2. The third-order valence-electron chi connectivity index (χ3n) is 3.46. The van der Waals surface area contributed by atoms with E-state index >= 15 is 0 Å². The highest BCUT2D eigenvalue weighted by Crippen LogP contribution is 2.31. The Labute approximate surface area is 132 Å². The number of fused-ring (bicyclic) bond motifs is 1. The van der Waals surface area contributed by atoms with Crippen LogP contribution in [0, 0.1) is 0 Å². The summed E-state index contributed by atoms with van der Waals surface area (Å²) in [5, 5.41) is 20.0. The summed E-state index contributed by atoms with van der Waals surface area (Å²) in [5.74, 6) is 0. The predicted octanol–water partition coefficient (Wildman–Crippen LogP) is -3.15. The average molecular weight is 364 g/mol. The lowest BCUT2D eigenvalue weighted by Crippen LogP contribution is -2.34. The Balaban J connectivity index is 1.93. The lowest BCUT2D eigenvalue weighted by atomic mass is 10.1. The number of imidazole rings is 1. The highest BCUT2D eigenvalue weighted by Gasteiger charge is 2.44. The van der Waals surface area contributed by atoms with Crippen LogP contribution in [0.4, 0.5) is 0 Å². The molecule has 0 saturated carbocycles. The third-order valence-corrected chi connectivity index (χ3v) is 3.89. The SMILES string of the molecule is O=c1[nH]c(=O)c2ncn(C3OC(COS(=O)(=O)O)C(O)C3O)c2[nH]1. The second-order valence-corrected chi connectivity index (χ2v) is 6.11. The minimum Gasteiger partial charge on any atom is -0.387 e. The Morgan fingerprint density at radius 1 is 1.29 bits per heavy atom. The normalized spacial score (nSPS) is 27.8. The van der Waals surface area contributed by atoms with E-state index in [1.165, 1.54) is 0 Å². The Morgan fingerprint density at radius 2 is 2.00 bits per heavy atom. The van der Waals surface area contributed by atoms with Gasteiger partial charge in [0.25, 0.3) is 5.56 Å². The zero-order chi connectivity index (χ0) is 17.6. The standard InChI is InChI=1S/C10H12N4O9S/c15-5-3(1-22-24(19,20)21)23-9(6(5)16)14-2-11-4-7(14)12-10(18)13-8(4)17/h2-3,5-6,9,15-16H,1H2,(H,19,20,21)(H2,12,13,17,18). The summed E-state index contributed by atoms with van der Waals surface area (Å²) in [7, 11) is -4.75. The van der Waals surface area contributed by atoms with E-state index in [0.29, 0.717) is 0 Å². The van der Waals surface area contributed by atoms with Gasteiger partial charge in [0.15, 0.2) is 11.7 Å². The van der Waals surface area contributed by atoms with E-state index in [1.807, 2.05) is 4.98 Å². The number of ether oxygens (including phenoxy) is 1. The minimum atomic E-state index is -4.75. The van der Waals surface area contributed by atoms with Crippen LogP contribution in [0.3, 0.4) is 0 Å². The lowest BCUT2D eigenvalue weighted by molar-refractivity contribution is -0.0478. The van der Waals surface area contributed by atoms with E-state index in [1.54, 1.807) is 0 Å². The first-order chi connectivity index (χ1) is 11.2. The molecule has 1 aliphatic rings. The largest absolute Gasteiger partial charge is 0.397 e. The first-order valence-electron chi connectivity index (χ1n) is 6.50. The zero-order valence-corrected chi connectivity index (χ0v) is 12.5. The molecule has 5 N–H and O–H groups in total. The van der Waals surface area contributed by atoms with Crippen LogP contribution >= 0.6 is 0 Å². The van der Waals surface area contributed by atoms with Gasteiger partial charge < -0.3 is 14.9 Å². The molecule has 2 aromatic rings. The van der Waals surface area contributed by atoms with E-state index < -0.39 is 52.8 Å². The fourth-order valence-electron chi connectivity index (χ4n) is 2.39. The molecule has 4 atom stereocenters. The van der Waals surface area contributed by atoms with Crippen molar-refractivity contribution >= 4 is 21.6 Å². The molecule has 0 bridgehead atoms. The van der Waals surface area contributed by atoms with E-state index in [0.717, 1.165) is 10.9 Å². The first kappa shape index (κ1) is 16.7. The van der Waals surface area contributed by atoms with Crippen molar-refractivity contribution in [3.8, 4) is 0 Å². The van der Waals surface area contributed by atoms with Crippen molar-refractivity contribution in [2.24, 2.45) is 0 Å². The van der Waals surface area contributed by atoms with Crippen molar-refractivity contribution in [1.82, 2.24) is 19.5 Å². The fraction of sp³-hybridized carbons (Fsp3) is 0.500. The summed E-state index contributed by atoms with van der Waals surface area (Å²) in [6.07, 6.45) is -4.57. The molecule has 0 radical (unpaired) electrons. The number of rotatable bonds is 4. The number of H-pyrrole nitrogens is 2. The van der Waals surface area contributed by atoms with Crippen LogP contribution in [0.5, 0.6) is 0 Å². The maximum absolute atomic E-state index is 11.6. The molecule has 0 aliphatic carbocycles. The number of aliphatic hydroxyl groups is 2. The first-order valence-corrected chi connectivity index (χ1v) is 7.86. The Bertz CT molecular complexity index is 976. The lowest BCUT2D eigenvalue weighted by Gasteiger charge is -2.16. The molecule has 0 amide bonds. The molecule has 0 spiro atoms. The van der Waals surface area contributed by atoms with Crippen LogP contribution in [-0.2, 0) is 19.3 Å². The van der Waals surface area contributed by atoms with Gasteiger partial charge in [0.2, 0.25) is 0 Å². The molecule has 3 rings (SSSR count). The van der Waals surface area contributed by atoms with E-state index in [2.05, 4.69) is 14.2 Å². The summed E-state index contributed by atoms with van der Waals surface area (Å²) in [5.41, 5.74) is -1.76. The Kier molecular flexibility index (Phi) is 4.02. The number of nitrogens with zero attached hydrogens (tertiary/aromatic N) is 2. The molecular weight excluding hydrogens is 352 g/mol.